The number of allylic oxidation sites excluding steroid dienone is 2. The Bertz CT molecular complexity index is 1140. The Morgan fingerprint density at radius 3 is 1.64 bits per heavy atom. The molecule has 1 fully saturated rings. The van der Waals surface area contributed by atoms with Crippen LogP contribution < -0.4 is 14.4 Å². The minimum atomic E-state index is -0.508. The van der Waals surface area contributed by atoms with Gasteiger partial charge in [-0.1, -0.05) is 72.8 Å². The summed E-state index contributed by atoms with van der Waals surface area (Å²) in [5, 5.41) is 0. The topological polar surface area (TPSA) is 55.8 Å². The van der Waals surface area contributed by atoms with E-state index in [0.29, 0.717) is 17.2 Å². The van der Waals surface area contributed by atoms with Gasteiger partial charge in [0.15, 0.2) is 0 Å². The van der Waals surface area contributed by atoms with Crippen LogP contribution in [0.2, 0.25) is 0 Å². The fourth-order valence-electron chi connectivity index (χ4n) is 5.14. The number of hydrogen-bond donors (Lipinski definition) is 0. The lowest BCUT2D eigenvalue weighted by atomic mass is 9.68. The van der Waals surface area contributed by atoms with Crippen LogP contribution in [0.5, 0.6) is 11.5 Å². The summed E-state index contributed by atoms with van der Waals surface area (Å²) in [7, 11) is 3.09. The van der Waals surface area contributed by atoms with Crippen LogP contribution in [-0.2, 0) is 9.59 Å². The number of amides is 2. The van der Waals surface area contributed by atoms with Crippen molar-refractivity contribution < 1.29 is 19.1 Å². The molecule has 2 amide bonds. The number of nitrogens with zero attached hydrogens (tertiary/aromatic N) is 1. The molecular formula is C28H25NO4. The molecule has 5 heteroatoms. The maximum Gasteiger partial charge on any atom is 0.238 e. The molecule has 1 saturated heterocycles. The van der Waals surface area contributed by atoms with Gasteiger partial charge in [-0.3, -0.25) is 9.59 Å². The lowest BCUT2D eigenvalue weighted by Crippen LogP contribution is -2.32. The molecule has 0 spiro atoms. The smallest absolute Gasteiger partial charge is 0.238 e. The van der Waals surface area contributed by atoms with Crippen LogP contribution in [0.25, 0.3) is 0 Å². The summed E-state index contributed by atoms with van der Waals surface area (Å²) in [6.07, 6.45) is 4.18. The lowest BCUT2D eigenvalue weighted by molar-refractivity contribution is -0.122. The summed E-state index contributed by atoms with van der Waals surface area (Å²) >= 11 is 0. The second-order valence-corrected chi connectivity index (χ2v) is 8.36. The molecule has 5 rings (SSSR count). The molecule has 4 atom stereocenters. The first-order valence-electron chi connectivity index (χ1n) is 11.0. The van der Waals surface area contributed by atoms with E-state index in [0.717, 1.165) is 11.1 Å². The monoisotopic (exact) mass is 439 g/mol. The molecule has 0 bridgehead atoms. The van der Waals surface area contributed by atoms with Gasteiger partial charge in [0.1, 0.15) is 11.5 Å². The van der Waals surface area contributed by atoms with Crippen molar-refractivity contribution in [3.8, 4) is 11.5 Å². The van der Waals surface area contributed by atoms with Crippen molar-refractivity contribution in [1.82, 2.24) is 0 Å². The third-order valence-corrected chi connectivity index (χ3v) is 6.69. The van der Waals surface area contributed by atoms with Crippen LogP contribution in [-0.4, -0.2) is 26.0 Å². The van der Waals surface area contributed by atoms with Gasteiger partial charge in [0.2, 0.25) is 11.8 Å². The Labute approximate surface area is 193 Å². The van der Waals surface area contributed by atoms with E-state index in [1.165, 1.54) is 12.0 Å². The molecule has 166 valence electrons. The van der Waals surface area contributed by atoms with Gasteiger partial charge in [-0.2, -0.15) is 0 Å². The molecule has 1 aliphatic heterocycles. The Morgan fingerprint density at radius 1 is 0.667 bits per heavy atom. The maximum atomic E-state index is 14.0. The first-order chi connectivity index (χ1) is 16.1. The Kier molecular flexibility index (Phi) is 5.47. The number of fused-ring (bicyclic) bond motifs is 1. The van der Waals surface area contributed by atoms with Crippen LogP contribution in [0.4, 0.5) is 5.69 Å². The zero-order chi connectivity index (χ0) is 22.9. The quantitative estimate of drug-likeness (QED) is 0.417. The Morgan fingerprint density at radius 2 is 1.18 bits per heavy atom. The maximum absolute atomic E-state index is 14.0. The van der Waals surface area contributed by atoms with Crippen molar-refractivity contribution in [3.63, 3.8) is 0 Å². The van der Waals surface area contributed by atoms with Gasteiger partial charge in [-0.05, 0) is 23.3 Å². The highest BCUT2D eigenvalue weighted by Gasteiger charge is 2.56. The zero-order valence-corrected chi connectivity index (χ0v) is 18.5. The standard InChI is InChI=1S/C28H25NO4/c1-32-20-13-16-24(33-2)23(17-20)29-27(30)25-21(18-9-5-3-6-10-18)14-15-22(26(25)28(29)31)19-11-7-4-8-12-19/h3-17,21-22,25-26H,1-2H3/t21-,22-,25-,26+/m0/s1. The number of ether oxygens (including phenoxy) is 2. The number of benzene rings is 3. The van der Waals surface area contributed by atoms with E-state index in [-0.39, 0.29) is 23.7 Å². The molecule has 3 aromatic rings. The predicted octanol–water partition coefficient (Wildman–Crippen LogP) is 4.95. The first kappa shape index (κ1) is 21.0. The number of carbonyl (C=O) groups is 2. The van der Waals surface area contributed by atoms with Crippen molar-refractivity contribution in [2.24, 2.45) is 11.8 Å². The molecule has 0 saturated carbocycles. The van der Waals surface area contributed by atoms with Crippen LogP contribution in [0.1, 0.15) is 23.0 Å². The number of methoxy groups -OCH3 is 2. The van der Waals surface area contributed by atoms with Crippen LogP contribution >= 0.6 is 0 Å². The molecule has 0 unspecified atom stereocenters. The van der Waals surface area contributed by atoms with Gasteiger partial charge in [0.05, 0.1) is 31.7 Å². The van der Waals surface area contributed by atoms with Crippen molar-refractivity contribution in [2.45, 2.75) is 11.8 Å². The van der Waals surface area contributed by atoms with Gasteiger partial charge in [-0.15, -0.1) is 0 Å². The van der Waals surface area contributed by atoms with Crippen molar-refractivity contribution in [3.05, 3.63) is 102 Å². The van der Waals surface area contributed by atoms with Gasteiger partial charge < -0.3 is 9.47 Å². The highest BCUT2D eigenvalue weighted by atomic mass is 16.5. The number of imide groups is 1. The first-order valence-corrected chi connectivity index (χ1v) is 11.0. The van der Waals surface area contributed by atoms with Crippen LogP contribution in [0.15, 0.2) is 91.0 Å². The number of rotatable bonds is 5. The van der Waals surface area contributed by atoms with Crippen molar-refractivity contribution >= 4 is 17.5 Å². The van der Waals surface area contributed by atoms with Gasteiger partial charge in [0.25, 0.3) is 0 Å². The minimum absolute atomic E-state index is 0.186. The largest absolute Gasteiger partial charge is 0.497 e. The van der Waals surface area contributed by atoms with Crippen molar-refractivity contribution in [1.29, 1.82) is 0 Å². The van der Waals surface area contributed by atoms with Crippen LogP contribution in [0.3, 0.4) is 0 Å². The van der Waals surface area contributed by atoms with E-state index in [1.807, 2.05) is 60.7 Å². The van der Waals surface area contributed by atoms with E-state index in [9.17, 15) is 9.59 Å². The van der Waals surface area contributed by atoms with Gasteiger partial charge in [-0.25, -0.2) is 4.90 Å². The predicted molar refractivity (Wildman–Crippen MR) is 127 cm³/mol. The second kappa shape index (κ2) is 8.58. The summed E-state index contributed by atoms with van der Waals surface area (Å²) in [6.45, 7) is 0. The number of anilines is 1. The highest BCUT2D eigenvalue weighted by Crippen LogP contribution is 2.51. The van der Waals surface area contributed by atoms with Gasteiger partial charge >= 0.3 is 0 Å². The summed E-state index contributed by atoms with van der Waals surface area (Å²) < 4.78 is 10.9. The summed E-state index contributed by atoms with van der Waals surface area (Å²) in [6, 6.07) is 25.0. The molecule has 0 aromatic heterocycles. The third kappa shape index (κ3) is 3.50. The third-order valence-electron chi connectivity index (χ3n) is 6.69. The van der Waals surface area contributed by atoms with Crippen molar-refractivity contribution in [2.75, 3.05) is 19.1 Å². The number of carbonyl (C=O) groups excluding carboxylic acids is 2. The SMILES string of the molecule is COc1ccc(OC)c(N2C(=O)[C@@H]3[C@H](C2=O)[C@H](c2ccccc2)C=C[C@H]3c2ccccc2)c1. The van der Waals surface area contributed by atoms with E-state index in [4.69, 9.17) is 9.47 Å². The molecule has 1 aliphatic carbocycles. The van der Waals surface area contributed by atoms with Gasteiger partial charge in [0, 0.05) is 17.9 Å². The molecule has 5 nitrogen and oxygen atoms in total. The average Bonchev–Trinajstić information content (AvgIpc) is 3.14. The summed E-state index contributed by atoms with van der Waals surface area (Å²) in [4.78, 5) is 29.2. The molecule has 2 aliphatic rings. The fraction of sp³-hybridized carbons (Fsp3) is 0.214. The molecule has 0 N–H and O–H groups in total. The molecule has 1 heterocycles. The average molecular weight is 440 g/mol. The number of hydrogen-bond acceptors (Lipinski definition) is 4. The van der Waals surface area contributed by atoms with E-state index in [2.05, 4.69) is 12.2 Å². The normalized spacial score (nSPS) is 24.0. The molecule has 0 radical (unpaired) electrons. The van der Waals surface area contributed by atoms with E-state index in [1.54, 1.807) is 25.3 Å². The summed E-state index contributed by atoms with van der Waals surface area (Å²) in [5.74, 6) is -0.804. The fourth-order valence-corrected chi connectivity index (χ4v) is 5.14. The second-order valence-electron chi connectivity index (χ2n) is 8.36. The Hall–Kier alpha value is -3.86. The summed E-state index contributed by atoms with van der Waals surface area (Å²) in [5.41, 5.74) is 2.46. The zero-order valence-electron chi connectivity index (χ0n) is 18.5. The molecular weight excluding hydrogens is 414 g/mol. The van der Waals surface area contributed by atoms with E-state index >= 15 is 0 Å². The lowest BCUT2D eigenvalue weighted by Gasteiger charge is -2.32. The van der Waals surface area contributed by atoms with Crippen LogP contribution in [0, 0.1) is 11.8 Å². The molecule has 3 aromatic carbocycles. The minimum Gasteiger partial charge on any atom is -0.497 e. The molecule has 33 heavy (non-hydrogen) atoms. The highest BCUT2D eigenvalue weighted by molar-refractivity contribution is 6.23. The van der Waals surface area contributed by atoms with E-state index < -0.39 is 11.8 Å². The Balaban J connectivity index is 1.65.